The van der Waals surface area contributed by atoms with Gasteiger partial charge in [0.25, 0.3) is 5.91 Å². The molecule has 1 aromatic rings. The summed E-state index contributed by atoms with van der Waals surface area (Å²) in [5.41, 5.74) is -0.0310. The van der Waals surface area contributed by atoms with Gasteiger partial charge in [-0.1, -0.05) is 0 Å². The molecule has 20 heavy (non-hydrogen) atoms. The molecule has 1 aliphatic rings. The van der Waals surface area contributed by atoms with E-state index in [9.17, 15) is 18.8 Å². The zero-order valence-electron chi connectivity index (χ0n) is 10.4. The van der Waals surface area contributed by atoms with Gasteiger partial charge in [-0.2, -0.15) is 0 Å². The Morgan fingerprint density at radius 2 is 2.25 bits per heavy atom. The molecule has 0 saturated carbocycles. The van der Waals surface area contributed by atoms with Crippen LogP contribution >= 0.6 is 0 Å². The summed E-state index contributed by atoms with van der Waals surface area (Å²) in [7, 11) is 0. The molecule has 1 fully saturated rings. The van der Waals surface area contributed by atoms with Crippen LogP contribution in [0, 0.1) is 5.82 Å². The van der Waals surface area contributed by atoms with Crippen LogP contribution in [0.15, 0.2) is 18.3 Å². The molecular formula is C12H12FN3O4. The predicted octanol–water partition coefficient (Wildman–Crippen LogP) is -0.364. The number of piperazine rings is 1. The maximum Gasteiger partial charge on any atom is 0.305 e. The largest absolute Gasteiger partial charge is 0.481 e. The van der Waals surface area contributed by atoms with Crippen LogP contribution in [0.1, 0.15) is 16.9 Å². The van der Waals surface area contributed by atoms with Crippen molar-refractivity contribution in [1.29, 1.82) is 0 Å². The molecule has 0 bridgehead atoms. The van der Waals surface area contributed by atoms with Gasteiger partial charge in [-0.3, -0.25) is 14.4 Å². The number of carbonyl (C=O) groups excluding carboxylic acids is 2. The Morgan fingerprint density at radius 1 is 1.50 bits per heavy atom. The van der Waals surface area contributed by atoms with Crippen molar-refractivity contribution in [2.45, 2.75) is 12.5 Å². The number of carbonyl (C=O) groups is 3. The lowest BCUT2D eigenvalue weighted by Crippen LogP contribution is -2.57. The maximum atomic E-state index is 12.8. The smallest absolute Gasteiger partial charge is 0.305 e. The Hall–Kier alpha value is -2.51. The lowest BCUT2D eigenvalue weighted by atomic mass is 10.1. The van der Waals surface area contributed by atoms with E-state index in [-0.39, 0.29) is 18.8 Å². The number of aliphatic carboxylic acids is 1. The molecule has 2 N–H and O–H groups in total. The number of hydrogen-bond donors (Lipinski definition) is 2. The number of halogens is 1. The van der Waals surface area contributed by atoms with Crippen LogP contribution in [0.2, 0.25) is 0 Å². The van der Waals surface area contributed by atoms with Gasteiger partial charge in [-0.15, -0.1) is 0 Å². The van der Waals surface area contributed by atoms with E-state index in [2.05, 4.69) is 10.3 Å². The average molecular weight is 281 g/mol. The minimum absolute atomic E-state index is 0.0310. The van der Waals surface area contributed by atoms with Gasteiger partial charge in [0, 0.05) is 13.1 Å². The summed E-state index contributed by atoms with van der Waals surface area (Å²) in [6.07, 6.45) is 0.405. The number of carboxylic acid groups (broad SMARTS) is 1. The van der Waals surface area contributed by atoms with E-state index in [1.165, 1.54) is 6.07 Å². The molecule has 0 spiro atoms. The monoisotopic (exact) mass is 281 g/mol. The average Bonchev–Trinajstić information content (AvgIpc) is 2.41. The maximum absolute atomic E-state index is 12.8. The standard InChI is InChI=1S/C12H12FN3O4/c13-7-1-2-8(15-6-7)12(20)16-4-3-14-11(19)9(16)5-10(17)18/h1-2,6,9H,3-5H2,(H,14,19)(H,17,18). The number of aromatic nitrogens is 1. The van der Waals surface area contributed by atoms with Gasteiger partial charge in [0.1, 0.15) is 17.6 Å². The van der Waals surface area contributed by atoms with Crippen molar-refractivity contribution in [3.63, 3.8) is 0 Å². The van der Waals surface area contributed by atoms with Gasteiger partial charge < -0.3 is 15.3 Å². The lowest BCUT2D eigenvalue weighted by Gasteiger charge is -2.33. The van der Waals surface area contributed by atoms with Crippen LogP contribution < -0.4 is 5.32 Å². The summed E-state index contributed by atoms with van der Waals surface area (Å²) in [6.45, 7) is 0.420. The summed E-state index contributed by atoms with van der Waals surface area (Å²) >= 11 is 0. The molecule has 106 valence electrons. The fraction of sp³-hybridized carbons (Fsp3) is 0.333. The Morgan fingerprint density at radius 3 is 2.85 bits per heavy atom. The molecule has 1 aliphatic heterocycles. The van der Waals surface area contributed by atoms with Crippen molar-refractivity contribution in [3.05, 3.63) is 29.8 Å². The summed E-state index contributed by atoms with van der Waals surface area (Å²) in [6, 6.07) is 1.19. The Labute approximate surface area is 113 Å². The second-order valence-corrected chi connectivity index (χ2v) is 4.26. The highest BCUT2D eigenvalue weighted by Crippen LogP contribution is 2.13. The number of pyridine rings is 1. The molecule has 0 aliphatic carbocycles. The van der Waals surface area contributed by atoms with E-state index in [0.29, 0.717) is 0 Å². The van der Waals surface area contributed by atoms with Crippen LogP contribution in [0.25, 0.3) is 0 Å². The van der Waals surface area contributed by atoms with E-state index in [0.717, 1.165) is 17.2 Å². The molecule has 1 saturated heterocycles. The van der Waals surface area contributed by atoms with Crippen molar-refractivity contribution >= 4 is 17.8 Å². The van der Waals surface area contributed by atoms with Crippen molar-refractivity contribution in [2.75, 3.05) is 13.1 Å². The van der Waals surface area contributed by atoms with Crippen molar-refractivity contribution in [3.8, 4) is 0 Å². The van der Waals surface area contributed by atoms with Crippen LogP contribution in [0.5, 0.6) is 0 Å². The summed E-state index contributed by atoms with van der Waals surface area (Å²) in [5.74, 6) is -2.88. The third kappa shape index (κ3) is 2.90. The first kappa shape index (κ1) is 13.9. The van der Waals surface area contributed by atoms with Gasteiger partial charge in [0.05, 0.1) is 12.6 Å². The molecule has 0 aromatic carbocycles. The van der Waals surface area contributed by atoms with Crippen molar-refractivity contribution < 1.29 is 23.9 Å². The minimum Gasteiger partial charge on any atom is -0.481 e. The van der Waals surface area contributed by atoms with E-state index in [1.807, 2.05) is 0 Å². The summed E-state index contributed by atoms with van der Waals surface area (Å²) in [4.78, 5) is 39.5. The second kappa shape index (κ2) is 5.64. The molecule has 1 atom stereocenters. The molecule has 1 aromatic heterocycles. The zero-order valence-corrected chi connectivity index (χ0v) is 10.4. The molecule has 2 amide bonds. The summed E-state index contributed by atoms with van der Waals surface area (Å²) < 4.78 is 12.8. The van der Waals surface area contributed by atoms with Gasteiger partial charge in [-0.05, 0) is 12.1 Å². The van der Waals surface area contributed by atoms with E-state index in [1.54, 1.807) is 0 Å². The van der Waals surface area contributed by atoms with Gasteiger partial charge in [-0.25, -0.2) is 9.37 Å². The lowest BCUT2D eigenvalue weighted by molar-refractivity contribution is -0.142. The molecular weight excluding hydrogens is 269 g/mol. The first-order valence-corrected chi connectivity index (χ1v) is 5.91. The van der Waals surface area contributed by atoms with Gasteiger partial charge >= 0.3 is 5.97 Å². The topological polar surface area (TPSA) is 99.6 Å². The molecule has 2 rings (SSSR count). The molecule has 7 nitrogen and oxygen atoms in total. The number of carboxylic acids is 1. The van der Waals surface area contributed by atoms with E-state index >= 15 is 0 Å². The van der Waals surface area contributed by atoms with Gasteiger partial charge in [0.15, 0.2) is 0 Å². The molecule has 2 heterocycles. The fourth-order valence-corrected chi connectivity index (χ4v) is 1.98. The highest BCUT2D eigenvalue weighted by Gasteiger charge is 2.35. The molecule has 1 unspecified atom stereocenters. The Kier molecular flexibility index (Phi) is 3.92. The highest BCUT2D eigenvalue weighted by atomic mass is 19.1. The number of rotatable bonds is 3. The summed E-state index contributed by atoms with van der Waals surface area (Å²) in [5, 5.41) is 11.3. The first-order valence-electron chi connectivity index (χ1n) is 5.91. The number of nitrogens with one attached hydrogen (secondary N) is 1. The first-order chi connectivity index (χ1) is 9.49. The minimum atomic E-state index is -1.18. The highest BCUT2D eigenvalue weighted by molar-refractivity contribution is 5.98. The zero-order chi connectivity index (χ0) is 14.7. The normalized spacial score (nSPS) is 18.6. The van der Waals surface area contributed by atoms with Crippen molar-refractivity contribution in [1.82, 2.24) is 15.2 Å². The van der Waals surface area contributed by atoms with Crippen LogP contribution in [0.3, 0.4) is 0 Å². The van der Waals surface area contributed by atoms with Crippen LogP contribution in [-0.4, -0.2) is 51.9 Å². The van der Waals surface area contributed by atoms with Gasteiger partial charge in [0.2, 0.25) is 5.91 Å². The number of nitrogens with zero attached hydrogens (tertiary/aromatic N) is 2. The second-order valence-electron chi connectivity index (χ2n) is 4.26. The fourth-order valence-electron chi connectivity index (χ4n) is 1.98. The number of hydrogen-bond acceptors (Lipinski definition) is 4. The van der Waals surface area contributed by atoms with E-state index in [4.69, 9.17) is 5.11 Å². The van der Waals surface area contributed by atoms with Crippen LogP contribution in [-0.2, 0) is 9.59 Å². The Balaban J connectivity index is 2.23. The SMILES string of the molecule is O=C(O)CC1C(=O)NCCN1C(=O)c1ccc(F)cn1. The number of amides is 2. The Bertz CT molecular complexity index is 546. The molecule has 0 radical (unpaired) electrons. The van der Waals surface area contributed by atoms with Crippen LogP contribution in [0.4, 0.5) is 4.39 Å². The van der Waals surface area contributed by atoms with Crippen molar-refractivity contribution in [2.24, 2.45) is 0 Å². The molecule has 8 heteroatoms. The quantitative estimate of drug-likeness (QED) is 0.788. The predicted molar refractivity (Wildman–Crippen MR) is 64.3 cm³/mol. The third-order valence-electron chi connectivity index (χ3n) is 2.91. The third-order valence-corrected chi connectivity index (χ3v) is 2.91. The van der Waals surface area contributed by atoms with E-state index < -0.39 is 36.1 Å².